The number of rotatable bonds is 4. The average molecular weight is 517 g/mol. The van der Waals surface area contributed by atoms with Crippen molar-refractivity contribution in [3.63, 3.8) is 0 Å². The van der Waals surface area contributed by atoms with Crippen LogP contribution in [-0.2, 0) is 15.0 Å². The van der Waals surface area contributed by atoms with E-state index in [1.807, 2.05) is 6.07 Å². The number of nitrogens with one attached hydrogen (secondary N) is 1. The molecule has 3 N–H and O–H groups in total. The molecule has 0 saturated carbocycles. The summed E-state index contributed by atoms with van der Waals surface area (Å²) in [6.07, 6.45) is 4.67. The molecule has 0 fully saturated rings. The first kappa shape index (κ1) is 23.9. The van der Waals surface area contributed by atoms with E-state index >= 15 is 4.39 Å². The van der Waals surface area contributed by atoms with E-state index in [-0.39, 0.29) is 24.1 Å². The van der Waals surface area contributed by atoms with Gasteiger partial charge in [0.2, 0.25) is 0 Å². The molecule has 3 aliphatic rings. The topological polar surface area (TPSA) is 117 Å². The second-order valence-electron chi connectivity index (χ2n) is 9.16. The number of nitrogens with two attached hydrogens (primary N) is 1. The molecule has 1 atom stereocenters. The number of pyridine rings is 1. The summed E-state index contributed by atoms with van der Waals surface area (Å²) >= 11 is 0. The van der Waals surface area contributed by atoms with E-state index in [2.05, 4.69) is 16.4 Å². The number of benzene rings is 2. The van der Waals surface area contributed by atoms with E-state index in [4.69, 9.17) is 29.7 Å². The lowest BCUT2D eigenvalue weighted by Gasteiger charge is -2.39. The lowest BCUT2D eigenvalue weighted by molar-refractivity contribution is 0.102. The van der Waals surface area contributed by atoms with Crippen LogP contribution < -0.4 is 20.5 Å². The standard InChI is InChI=1S/C28H25FN4O5/c1-35-19-5-6-23(31-14-19)26(34)32-18-4-7-24-20(13-18)28(8-10-37-27(30)33-28)21-11-17(12-22(29)25(21)38-24)16-3-2-9-36-15-16/h3-7,11-14H,2,8-10,15H2,1H3,(H2,30,33)(H,32,34)/t28-/m0/s1. The predicted molar refractivity (Wildman–Crippen MR) is 138 cm³/mol. The summed E-state index contributed by atoms with van der Waals surface area (Å²) in [7, 11) is 1.53. The van der Waals surface area contributed by atoms with Crippen molar-refractivity contribution in [2.75, 3.05) is 32.2 Å². The number of carbonyl (C=O) groups excluding carboxylic acids is 1. The number of amidine groups is 1. The number of fused-ring (bicyclic) bond motifs is 4. The second-order valence-corrected chi connectivity index (χ2v) is 9.16. The molecule has 0 saturated heterocycles. The number of carbonyl (C=O) groups is 1. The number of nitrogens with zero attached hydrogens (tertiary/aromatic N) is 2. The number of aromatic nitrogens is 1. The van der Waals surface area contributed by atoms with Gasteiger partial charge in [-0.25, -0.2) is 14.4 Å². The van der Waals surface area contributed by atoms with Gasteiger partial charge in [-0.3, -0.25) is 4.79 Å². The Morgan fingerprint density at radius 2 is 2.05 bits per heavy atom. The zero-order valence-corrected chi connectivity index (χ0v) is 20.6. The van der Waals surface area contributed by atoms with Gasteiger partial charge in [0.15, 0.2) is 11.6 Å². The van der Waals surface area contributed by atoms with Gasteiger partial charge in [0, 0.05) is 23.2 Å². The maximum absolute atomic E-state index is 15.5. The summed E-state index contributed by atoms with van der Waals surface area (Å²) in [5, 5.41) is 2.87. The molecule has 0 unspecified atom stereocenters. The summed E-state index contributed by atoms with van der Waals surface area (Å²) in [5.41, 5.74) is 8.49. The Balaban J connectivity index is 1.43. The number of ether oxygens (including phenoxy) is 4. The van der Waals surface area contributed by atoms with Gasteiger partial charge in [0.25, 0.3) is 11.9 Å². The molecule has 4 heterocycles. The molecule has 6 rings (SSSR count). The van der Waals surface area contributed by atoms with Gasteiger partial charge in [-0.2, -0.15) is 0 Å². The molecule has 3 aromatic rings. The molecule has 10 heteroatoms. The first-order chi connectivity index (χ1) is 18.5. The van der Waals surface area contributed by atoms with Crippen LogP contribution in [0, 0.1) is 5.82 Å². The minimum atomic E-state index is -1.07. The maximum atomic E-state index is 15.5. The van der Waals surface area contributed by atoms with E-state index in [9.17, 15) is 4.79 Å². The smallest absolute Gasteiger partial charge is 0.283 e. The minimum absolute atomic E-state index is 0.00190. The third-order valence-corrected chi connectivity index (χ3v) is 6.89. The van der Waals surface area contributed by atoms with Gasteiger partial charge in [0.05, 0.1) is 33.1 Å². The lowest BCUT2D eigenvalue weighted by atomic mass is 9.76. The maximum Gasteiger partial charge on any atom is 0.283 e. The SMILES string of the molecule is COc1ccc(C(=O)Nc2ccc3c(c2)[C@@]2(CCOC(N)=N2)c2cc(C4=CCCOC4)cc(F)c2O3)nc1. The Hall–Kier alpha value is -4.44. The van der Waals surface area contributed by atoms with Crippen molar-refractivity contribution in [1.29, 1.82) is 0 Å². The molecule has 38 heavy (non-hydrogen) atoms. The van der Waals surface area contributed by atoms with Crippen LogP contribution in [0.15, 0.2) is 59.7 Å². The third kappa shape index (κ3) is 4.12. The molecule has 2 aromatic carbocycles. The van der Waals surface area contributed by atoms with Gasteiger partial charge < -0.3 is 30.0 Å². The summed E-state index contributed by atoms with van der Waals surface area (Å²) in [5.74, 6) is 0.161. The summed E-state index contributed by atoms with van der Waals surface area (Å²) in [6, 6.07) is 11.7. The highest BCUT2D eigenvalue weighted by molar-refractivity contribution is 6.03. The molecule has 0 bridgehead atoms. The molecule has 1 spiro atoms. The van der Waals surface area contributed by atoms with Gasteiger partial charge in [-0.05, 0) is 60.0 Å². The van der Waals surface area contributed by atoms with Crippen LogP contribution in [0.25, 0.3) is 5.57 Å². The number of hydrogen-bond acceptors (Lipinski definition) is 8. The van der Waals surface area contributed by atoms with E-state index in [1.165, 1.54) is 19.4 Å². The normalized spacial score (nSPS) is 19.7. The number of anilines is 1. The molecule has 0 radical (unpaired) electrons. The average Bonchev–Trinajstić information content (AvgIpc) is 2.94. The lowest BCUT2D eigenvalue weighted by Crippen LogP contribution is -2.39. The van der Waals surface area contributed by atoms with Gasteiger partial charge in [0.1, 0.15) is 22.7 Å². The van der Waals surface area contributed by atoms with Crippen LogP contribution in [0.1, 0.15) is 40.0 Å². The molecule has 194 valence electrons. The second kappa shape index (κ2) is 9.46. The highest BCUT2D eigenvalue weighted by Gasteiger charge is 2.46. The van der Waals surface area contributed by atoms with Crippen molar-refractivity contribution in [3.05, 3.63) is 82.9 Å². The van der Waals surface area contributed by atoms with Crippen LogP contribution in [0.5, 0.6) is 17.2 Å². The Kier molecular flexibility index (Phi) is 5.96. The van der Waals surface area contributed by atoms with Crippen LogP contribution in [0.4, 0.5) is 10.1 Å². The number of amides is 1. The fourth-order valence-corrected chi connectivity index (χ4v) is 5.02. The molecule has 0 aliphatic carbocycles. The predicted octanol–water partition coefficient (Wildman–Crippen LogP) is 4.37. The highest BCUT2D eigenvalue weighted by atomic mass is 19.1. The molecular weight excluding hydrogens is 491 g/mol. The molecule has 9 nitrogen and oxygen atoms in total. The van der Waals surface area contributed by atoms with Crippen LogP contribution in [0.2, 0.25) is 0 Å². The van der Waals surface area contributed by atoms with Crippen LogP contribution in [0.3, 0.4) is 0 Å². The molecular formula is C28H25FN4O5. The minimum Gasteiger partial charge on any atom is -0.495 e. The molecule has 1 amide bonds. The van der Waals surface area contributed by atoms with E-state index in [1.54, 1.807) is 30.3 Å². The van der Waals surface area contributed by atoms with Crippen molar-refractivity contribution < 1.29 is 28.1 Å². The Morgan fingerprint density at radius 1 is 1.16 bits per heavy atom. The summed E-state index contributed by atoms with van der Waals surface area (Å²) < 4.78 is 37.8. The van der Waals surface area contributed by atoms with Crippen LogP contribution >= 0.6 is 0 Å². The number of methoxy groups -OCH3 is 1. The third-order valence-electron chi connectivity index (χ3n) is 6.89. The first-order valence-corrected chi connectivity index (χ1v) is 12.2. The number of hydrogen-bond donors (Lipinski definition) is 2. The van der Waals surface area contributed by atoms with Crippen molar-refractivity contribution in [1.82, 2.24) is 4.98 Å². The van der Waals surface area contributed by atoms with Gasteiger partial charge in [-0.1, -0.05) is 6.08 Å². The highest BCUT2D eigenvalue weighted by Crippen LogP contribution is 2.53. The van der Waals surface area contributed by atoms with E-state index < -0.39 is 17.3 Å². The van der Waals surface area contributed by atoms with Crippen molar-refractivity contribution in [2.45, 2.75) is 18.4 Å². The summed E-state index contributed by atoms with van der Waals surface area (Å²) in [4.78, 5) is 21.7. The quantitative estimate of drug-likeness (QED) is 0.529. The molecule has 1 aromatic heterocycles. The van der Waals surface area contributed by atoms with Crippen molar-refractivity contribution in [2.24, 2.45) is 10.7 Å². The Bertz CT molecular complexity index is 1490. The van der Waals surface area contributed by atoms with Gasteiger partial charge >= 0.3 is 0 Å². The first-order valence-electron chi connectivity index (χ1n) is 12.2. The zero-order valence-electron chi connectivity index (χ0n) is 20.6. The van der Waals surface area contributed by atoms with Crippen molar-refractivity contribution >= 4 is 23.2 Å². The monoisotopic (exact) mass is 516 g/mol. The summed E-state index contributed by atoms with van der Waals surface area (Å²) in [6.45, 7) is 1.31. The van der Waals surface area contributed by atoms with E-state index in [0.717, 1.165) is 12.0 Å². The van der Waals surface area contributed by atoms with Crippen molar-refractivity contribution in [3.8, 4) is 17.2 Å². The Morgan fingerprint density at radius 3 is 2.79 bits per heavy atom. The largest absolute Gasteiger partial charge is 0.495 e. The van der Waals surface area contributed by atoms with Gasteiger partial charge in [-0.15, -0.1) is 0 Å². The Labute approximate surface area is 218 Å². The van der Waals surface area contributed by atoms with Crippen LogP contribution in [-0.4, -0.2) is 43.8 Å². The number of halogens is 1. The zero-order chi connectivity index (χ0) is 26.3. The van der Waals surface area contributed by atoms with E-state index in [0.29, 0.717) is 53.5 Å². The fourth-order valence-electron chi connectivity index (χ4n) is 5.02. The number of aliphatic imine (C=N–C) groups is 1. The molecule has 3 aliphatic heterocycles. The fraction of sp³-hybridized carbons (Fsp3) is 0.250.